The van der Waals surface area contributed by atoms with Crippen LogP contribution in [0.2, 0.25) is 0 Å². The molecule has 0 aliphatic carbocycles. The summed E-state index contributed by atoms with van der Waals surface area (Å²) in [4.78, 5) is 51.9. The van der Waals surface area contributed by atoms with Crippen molar-refractivity contribution in [2.45, 2.75) is 63.3 Å². The van der Waals surface area contributed by atoms with E-state index in [-0.39, 0.29) is 41.2 Å². The number of likely N-dealkylation sites (tertiary alicyclic amines) is 2. The van der Waals surface area contributed by atoms with Crippen LogP contribution in [0.25, 0.3) is 0 Å². The Labute approximate surface area is 291 Å². The number of benzene rings is 1. The van der Waals surface area contributed by atoms with Crippen molar-refractivity contribution >= 4 is 56.5 Å². The molecule has 4 aliphatic rings. The van der Waals surface area contributed by atoms with Crippen LogP contribution in [0.15, 0.2) is 28.1 Å². The lowest BCUT2D eigenvalue weighted by atomic mass is 9.91. The number of piperazine rings is 1. The molecule has 4 amide bonds. The second-order valence-corrected chi connectivity index (χ2v) is 15.3. The molecular formula is C33H43BrF3N7O3S. The number of thiophene rings is 1. The monoisotopic (exact) mass is 753 g/mol. The lowest BCUT2D eigenvalue weighted by Gasteiger charge is -2.42. The second kappa shape index (κ2) is 14.5. The third-order valence-electron chi connectivity index (χ3n) is 10.4. The first-order valence-electron chi connectivity index (χ1n) is 16.7. The van der Waals surface area contributed by atoms with E-state index >= 15 is 0 Å². The zero-order valence-corrected chi connectivity index (χ0v) is 29.5. The summed E-state index contributed by atoms with van der Waals surface area (Å²) >= 11 is 4.77. The topological polar surface area (TPSA) is 105 Å². The molecule has 4 aliphatic heterocycles. The number of anilines is 2. The average Bonchev–Trinajstić information content (AvgIpc) is 3.52. The molecule has 3 saturated heterocycles. The Hall–Kier alpha value is -2.88. The third kappa shape index (κ3) is 7.79. The number of carbonyl (C=O) groups is 3. The molecule has 1 atom stereocenters. The van der Waals surface area contributed by atoms with Crippen molar-refractivity contribution in [1.82, 2.24) is 24.5 Å². The second-order valence-electron chi connectivity index (χ2n) is 13.5. The Morgan fingerprint density at radius 2 is 1.65 bits per heavy atom. The van der Waals surface area contributed by atoms with E-state index in [1.807, 2.05) is 16.3 Å². The van der Waals surface area contributed by atoms with E-state index in [1.165, 1.54) is 6.07 Å². The number of nitrogens with two attached hydrogens (primary N) is 1. The number of hydrogen-bond acceptors (Lipinski definition) is 7. The van der Waals surface area contributed by atoms with E-state index in [2.05, 4.69) is 38.1 Å². The van der Waals surface area contributed by atoms with Gasteiger partial charge in [0.25, 0.3) is 0 Å². The summed E-state index contributed by atoms with van der Waals surface area (Å²) in [6.07, 6.45) is -1.91. The van der Waals surface area contributed by atoms with Crippen LogP contribution in [0, 0.1) is 5.92 Å². The van der Waals surface area contributed by atoms with Crippen molar-refractivity contribution in [3.05, 3.63) is 44.1 Å². The molecular weight excluding hydrogens is 711 g/mol. The van der Waals surface area contributed by atoms with E-state index in [1.54, 1.807) is 21.1 Å². The fraction of sp³-hybridized carbons (Fsp3) is 0.606. The Morgan fingerprint density at radius 3 is 2.31 bits per heavy atom. The van der Waals surface area contributed by atoms with Gasteiger partial charge in [0.15, 0.2) is 0 Å². The van der Waals surface area contributed by atoms with Gasteiger partial charge in [-0.2, -0.15) is 13.2 Å². The smallest absolute Gasteiger partial charge is 0.397 e. The largest absolute Gasteiger partial charge is 0.418 e. The molecule has 6 rings (SSSR count). The van der Waals surface area contributed by atoms with Crippen LogP contribution in [0.4, 0.5) is 29.3 Å². The Kier molecular flexibility index (Phi) is 10.6. The fourth-order valence-corrected chi connectivity index (χ4v) is 8.84. The number of likely N-dealkylation sites (N-methyl/N-ethyl adjacent to an activating group) is 1. The number of halogens is 4. The van der Waals surface area contributed by atoms with Crippen molar-refractivity contribution in [3.63, 3.8) is 0 Å². The summed E-state index contributed by atoms with van der Waals surface area (Å²) in [5.74, 6) is -1.22. The molecule has 0 radical (unpaired) electrons. The SMILES string of the molecule is CN1CCN(C2CCN(C(=O)[C@H](CC(=O)N3CCC(N4Cc5sccc5NC4=O)CC3)Cc3cc(Br)c(N)c(C(F)(F)F)c3)CC2)CC1. The molecule has 5 heterocycles. The molecule has 0 bridgehead atoms. The lowest BCUT2D eigenvalue weighted by molar-refractivity contribution is -0.143. The maximum atomic E-state index is 14.1. The van der Waals surface area contributed by atoms with Gasteiger partial charge in [0, 0.05) is 80.2 Å². The number of nitrogens with zero attached hydrogens (tertiary/aromatic N) is 5. The predicted octanol–water partition coefficient (Wildman–Crippen LogP) is 4.94. The van der Waals surface area contributed by atoms with Crippen LogP contribution in [0.3, 0.4) is 0 Å². The Balaban J connectivity index is 1.13. The standard InChI is InChI=1S/C33H43BrF3N7O3S/c1-40-11-13-41(14-12-40)23-2-9-43(10-3-23)31(46)22(16-21-17-25(33(35,36)37)30(38)26(34)18-21)19-29(45)42-7-4-24(5-8-42)44-20-28-27(6-15-48-28)39-32(44)47/h6,15,17-18,22-24H,2-5,7-14,16,19-20,38H2,1H3,(H,39,47)/t22-/m0/s1. The number of piperidine rings is 2. The fourth-order valence-electron chi connectivity index (χ4n) is 7.50. The Morgan fingerprint density at radius 1 is 1.00 bits per heavy atom. The minimum absolute atomic E-state index is 0.0154. The van der Waals surface area contributed by atoms with Crippen LogP contribution < -0.4 is 11.1 Å². The molecule has 0 spiro atoms. The number of amides is 4. The maximum Gasteiger partial charge on any atom is 0.418 e. The van der Waals surface area contributed by atoms with Gasteiger partial charge < -0.3 is 30.7 Å². The molecule has 2 aromatic rings. The van der Waals surface area contributed by atoms with E-state index in [0.717, 1.165) is 55.7 Å². The normalized spacial score (nSPS) is 21.3. The summed E-state index contributed by atoms with van der Waals surface area (Å²) in [5, 5.41) is 4.90. The molecule has 1 aromatic carbocycles. The molecule has 3 fully saturated rings. The third-order valence-corrected chi connectivity index (χ3v) is 12.0. The predicted molar refractivity (Wildman–Crippen MR) is 183 cm³/mol. The van der Waals surface area contributed by atoms with Gasteiger partial charge in [-0.15, -0.1) is 11.3 Å². The van der Waals surface area contributed by atoms with Crippen molar-refractivity contribution in [2.24, 2.45) is 5.92 Å². The first kappa shape index (κ1) is 35.0. The summed E-state index contributed by atoms with van der Waals surface area (Å²) in [7, 11) is 2.12. The molecule has 48 heavy (non-hydrogen) atoms. The zero-order valence-electron chi connectivity index (χ0n) is 27.1. The highest BCUT2D eigenvalue weighted by Crippen LogP contribution is 2.39. The quantitative estimate of drug-likeness (QED) is 0.389. The minimum Gasteiger partial charge on any atom is -0.397 e. The van der Waals surface area contributed by atoms with Gasteiger partial charge in [-0.05, 0) is 84.2 Å². The van der Waals surface area contributed by atoms with Crippen LogP contribution in [-0.4, -0.2) is 114 Å². The molecule has 3 N–H and O–H groups in total. The number of alkyl halides is 3. The Bertz CT molecular complexity index is 1500. The molecule has 10 nitrogen and oxygen atoms in total. The number of nitrogens with one attached hydrogen (secondary N) is 1. The van der Waals surface area contributed by atoms with Gasteiger partial charge in [-0.25, -0.2) is 4.79 Å². The summed E-state index contributed by atoms with van der Waals surface area (Å²) in [5.41, 5.74) is 5.54. The van der Waals surface area contributed by atoms with Gasteiger partial charge >= 0.3 is 12.2 Å². The number of carbonyl (C=O) groups excluding carboxylic acids is 3. The summed E-state index contributed by atoms with van der Waals surface area (Å²) in [6, 6.07) is 4.65. The van der Waals surface area contributed by atoms with E-state index in [4.69, 9.17) is 5.73 Å². The van der Waals surface area contributed by atoms with Crippen molar-refractivity contribution in [1.29, 1.82) is 0 Å². The zero-order chi connectivity index (χ0) is 34.2. The van der Waals surface area contributed by atoms with Crippen molar-refractivity contribution in [2.75, 3.05) is 70.5 Å². The maximum absolute atomic E-state index is 14.1. The van der Waals surface area contributed by atoms with E-state index in [9.17, 15) is 27.6 Å². The first-order chi connectivity index (χ1) is 22.9. The average molecular weight is 755 g/mol. The highest BCUT2D eigenvalue weighted by molar-refractivity contribution is 9.10. The number of rotatable bonds is 7. The van der Waals surface area contributed by atoms with Gasteiger partial charge in [0.1, 0.15) is 0 Å². The molecule has 0 saturated carbocycles. The number of fused-ring (bicyclic) bond motifs is 1. The summed E-state index contributed by atoms with van der Waals surface area (Å²) < 4.78 is 41.6. The van der Waals surface area contributed by atoms with Gasteiger partial charge in [0.2, 0.25) is 11.8 Å². The van der Waals surface area contributed by atoms with Gasteiger partial charge in [0.05, 0.1) is 29.4 Å². The highest BCUT2D eigenvalue weighted by atomic mass is 79.9. The van der Waals surface area contributed by atoms with Crippen LogP contribution in [-0.2, 0) is 28.7 Å². The summed E-state index contributed by atoms with van der Waals surface area (Å²) in [6.45, 7) is 6.53. The molecule has 0 unspecified atom stereocenters. The molecule has 262 valence electrons. The number of hydrogen-bond donors (Lipinski definition) is 2. The van der Waals surface area contributed by atoms with Crippen molar-refractivity contribution in [3.8, 4) is 0 Å². The minimum atomic E-state index is -4.66. The molecule has 15 heteroatoms. The lowest BCUT2D eigenvalue weighted by Crippen LogP contribution is -2.54. The van der Waals surface area contributed by atoms with Crippen LogP contribution in [0.1, 0.15) is 48.1 Å². The van der Waals surface area contributed by atoms with Gasteiger partial charge in [-0.1, -0.05) is 0 Å². The molecule has 1 aromatic heterocycles. The van der Waals surface area contributed by atoms with Gasteiger partial charge in [-0.3, -0.25) is 14.5 Å². The highest BCUT2D eigenvalue weighted by Gasteiger charge is 2.38. The number of nitrogen functional groups attached to an aromatic ring is 1. The number of urea groups is 1. The van der Waals surface area contributed by atoms with Crippen molar-refractivity contribution < 1.29 is 27.6 Å². The van der Waals surface area contributed by atoms with E-state index in [0.29, 0.717) is 57.2 Å². The van der Waals surface area contributed by atoms with Crippen LogP contribution >= 0.6 is 27.3 Å². The van der Waals surface area contributed by atoms with E-state index < -0.39 is 23.3 Å². The van der Waals surface area contributed by atoms with Crippen LogP contribution in [0.5, 0.6) is 0 Å². The first-order valence-corrected chi connectivity index (χ1v) is 18.3.